The molecule has 1 atom stereocenters. The summed E-state index contributed by atoms with van der Waals surface area (Å²) in [4.78, 5) is 14.9. The summed E-state index contributed by atoms with van der Waals surface area (Å²) in [6, 6.07) is 5.01. The lowest BCUT2D eigenvalue weighted by molar-refractivity contribution is 0.0993. The van der Waals surface area contributed by atoms with E-state index in [1.54, 1.807) is 18.2 Å². The number of amides is 1. The van der Waals surface area contributed by atoms with Crippen molar-refractivity contribution in [3.8, 4) is 5.88 Å². The van der Waals surface area contributed by atoms with Crippen LogP contribution in [0.5, 0.6) is 5.88 Å². The van der Waals surface area contributed by atoms with Crippen LogP contribution in [-0.2, 0) is 0 Å². The zero-order chi connectivity index (χ0) is 10.7. The third kappa shape index (κ3) is 2.44. The zero-order valence-electron chi connectivity index (χ0n) is 8.27. The smallest absolute Gasteiger partial charge is 0.267 e. The molecule has 1 aliphatic rings. The molecule has 1 amide bonds. The summed E-state index contributed by atoms with van der Waals surface area (Å²) in [5.41, 5.74) is 5.36. The van der Waals surface area contributed by atoms with Crippen molar-refractivity contribution in [3.05, 3.63) is 23.9 Å². The first-order chi connectivity index (χ1) is 7.25. The molecular weight excluding hydrogens is 194 g/mol. The molecule has 2 rings (SSSR count). The van der Waals surface area contributed by atoms with Crippen molar-refractivity contribution in [2.75, 3.05) is 13.1 Å². The minimum atomic E-state index is -0.537. The molecule has 0 spiro atoms. The number of aromatic nitrogens is 1. The fraction of sp³-hybridized carbons (Fsp3) is 0.400. The van der Waals surface area contributed by atoms with E-state index in [1.807, 2.05) is 0 Å². The molecule has 0 radical (unpaired) electrons. The molecule has 1 saturated heterocycles. The fourth-order valence-corrected chi connectivity index (χ4v) is 1.52. The van der Waals surface area contributed by atoms with Crippen LogP contribution in [-0.4, -0.2) is 30.1 Å². The Morgan fingerprint density at radius 3 is 3.13 bits per heavy atom. The van der Waals surface area contributed by atoms with Gasteiger partial charge in [0.1, 0.15) is 11.8 Å². The lowest BCUT2D eigenvalue weighted by Crippen LogP contribution is -2.21. The maximum Gasteiger partial charge on any atom is 0.267 e. The van der Waals surface area contributed by atoms with Gasteiger partial charge in [-0.3, -0.25) is 4.79 Å². The molecule has 80 valence electrons. The number of pyridine rings is 1. The number of primary amides is 1. The maximum absolute atomic E-state index is 10.9. The molecule has 3 N–H and O–H groups in total. The van der Waals surface area contributed by atoms with Crippen LogP contribution < -0.4 is 15.8 Å². The van der Waals surface area contributed by atoms with Crippen LogP contribution in [0.1, 0.15) is 16.9 Å². The molecule has 5 heteroatoms. The number of hydrogen-bond acceptors (Lipinski definition) is 4. The van der Waals surface area contributed by atoms with Gasteiger partial charge in [0.2, 0.25) is 5.88 Å². The van der Waals surface area contributed by atoms with Crippen molar-refractivity contribution < 1.29 is 9.53 Å². The van der Waals surface area contributed by atoms with Crippen LogP contribution in [0.15, 0.2) is 18.2 Å². The molecular formula is C10H13N3O2. The summed E-state index contributed by atoms with van der Waals surface area (Å²) in [5, 5.41) is 3.19. The van der Waals surface area contributed by atoms with Crippen molar-refractivity contribution in [1.29, 1.82) is 0 Å². The molecule has 15 heavy (non-hydrogen) atoms. The van der Waals surface area contributed by atoms with E-state index in [4.69, 9.17) is 10.5 Å². The topological polar surface area (TPSA) is 77.2 Å². The van der Waals surface area contributed by atoms with Gasteiger partial charge in [-0.1, -0.05) is 6.07 Å². The number of rotatable bonds is 3. The lowest BCUT2D eigenvalue weighted by atomic mass is 10.3. The molecule has 2 heterocycles. The van der Waals surface area contributed by atoms with Gasteiger partial charge >= 0.3 is 0 Å². The van der Waals surface area contributed by atoms with E-state index in [2.05, 4.69) is 10.3 Å². The molecule has 0 aromatic carbocycles. The van der Waals surface area contributed by atoms with Crippen molar-refractivity contribution in [2.45, 2.75) is 12.5 Å². The summed E-state index contributed by atoms with van der Waals surface area (Å²) >= 11 is 0. The average Bonchev–Trinajstić information content (AvgIpc) is 2.71. The minimum absolute atomic E-state index is 0.139. The summed E-state index contributed by atoms with van der Waals surface area (Å²) in [6.45, 7) is 1.78. The van der Waals surface area contributed by atoms with Gasteiger partial charge < -0.3 is 15.8 Å². The van der Waals surface area contributed by atoms with Gasteiger partial charge in [-0.25, -0.2) is 4.98 Å². The summed E-state index contributed by atoms with van der Waals surface area (Å²) in [5.74, 6) is -0.0787. The van der Waals surface area contributed by atoms with Gasteiger partial charge in [-0.2, -0.15) is 0 Å². The van der Waals surface area contributed by atoms with E-state index < -0.39 is 5.91 Å². The Morgan fingerprint density at radius 1 is 1.60 bits per heavy atom. The predicted molar refractivity (Wildman–Crippen MR) is 54.7 cm³/mol. The standard InChI is InChI=1S/C10H13N3O2/c11-10(14)8-2-1-3-9(13-8)15-7-4-5-12-6-7/h1-3,7,12H,4-6H2,(H2,11,14). The zero-order valence-corrected chi connectivity index (χ0v) is 8.27. The number of nitrogens with zero attached hydrogens (tertiary/aromatic N) is 1. The third-order valence-electron chi connectivity index (χ3n) is 2.28. The van der Waals surface area contributed by atoms with Gasteiger partial charge in [0.05, 0.1) is 0 Å². The first kappa shape index (κ1) is 9.92. The van der Waals surface area contributed by atoms with Crippen LogP contribution in [0.2, 0.25) is 0 Å². The van der Waals surface area contributed by atoms with E-state index in [9.17, 15) is 4.79 Å². The van der Waals surface area contributed by atoms with Crippen LogP contribution >= 0.6 is 0 Å². The molecule has 5 nitrogen and oxygen atoms in total. The predicted octanol–water partition coefficient (Wildman–Crippen LogP) is -0.0788. The molecule has 1 aromatic heterocycles. The number of ether oxygens (including phenoxy) is 1. The van der Waals surface area contributed by atoms with Gasteiger partial charge in [0.25, 0.3) is 5.91 Å². The molecule has 1 unspecified atom stereocenters. The van der Waals surface area contributed by atoms with Crippen LogP contribution in [0.3, 0.4) is 0 Å². The number of carbonyl (C=O) groups is 1. The van der Waals surface area contributed by atoms with Crippen molar-refractivity contribution in [3.63, 3.8) is 0 Å². The Bertz CT molecular complexity index is 361. The Balaban J connectivity index is 2.07. The number of nitrogens with one attached hydrogen (secondary N) is 1. The highest BCUT2D eigenvalue weighted by atomic mass is 16.5. The molecule has 0 saturated carbocycles. The summed E-state index contributed by atoms with van der Waals surface area (Å²) in [7, 11) is 0. The molecule has 0 aliphatic carbocycles. The highest BCUT2D eigenvalue weighted by Gasteiger charge is 2.16. The van der Waals surface area contributed by atoms with Crippen LogP contribution in [0, 0.1) is 0 Å². The quantitative estimate of drug-likeness (QED) is 0.726. The van der Waals surface area contributed by atoms with Crippen LogP contribution in [0.4, 0.5) is 0 Å². The van der Waals surface area contributed by atoms with Gasteiger partial charge in [-0.05, 0) is 19.0 Å². The minimum Gasteiger partial charge on any atom is -0.473 e. The second-order valence-corrected chi connectivity index (χ2v) is 3.46. The van der Waals surface area contributed by atoms with E-state index >= 15 is 0 Å². The normalized spacial score (nSPS) is 20.1. The fourth-order valence-electron chi connectivity index (χ4n) is 1.52. The van der Waals surface area contributed by atoms with E-state index in [0.29, 0.717) is 5.88 Å². The number of hydrogen-bond donors (Lipinski definition) is 2. The van der Waals surface area contributed by atoms with Crippen molar-refractivity contribution >= 4 is 5.91 Å². The van der Waals surface area contributed by atoms with Gasteiger partial charge in [0, 0.05) is 12.6 Å². The average molecular weight is 207 g/mol. The highest BCUT2D eigenvalue weighted by molar-refractivity contribution is 5.90. The van der Waals surface area contributed by atoms with Crippen LogP contribution in [0.25, 0.3) is 0 Å². The van der Waals surface area contributed by atoms with E-state index in [0.717, 1.165) is 19.5 Å². The SMILES string of the molecule is NC(=O)c1cccc(OC2CCNC2)n1. The Kier molecular flexibility index (Phi) is 2.82. The molecule has 1 fully saturated rings. The first-order valence-electron chi connectivity index (χ1n) is 4.90. The van der Waals surface area contributed by atoms with Gasteiger partial charge in [-0.15, -0.1) is 0 Å². The maximum atomic E-state index is 10.9. The van der Waals surface area contributed by atoms with Crippen molar-refractivity contribution in [2.24, 2.45) is 5.73 Å². The highest BCUT2D eigenvalue weighted by Crippen LogP contribution is 2.12. The Labute approximate surface area is 87.6 Å². The number of nitrogens with two attached hydrogens (primary N) is 1. The third-order valence-corrected chi connectivity index (χ3v) is 2.28. The van der Waals surface area contributed by atoms with Crippen molar-refractivity contribution in [1.82, 2.24) is 10.3 Å². The number of carbonyl (C=O) groups excluding carboxylic acids is 1. The van der Waals surface area contributed by atoms with E-state index in [1.165, 1.54) is 0 Å². The second-order valence-electron chi connectivity index (χ2n) is 3.46. The molecule has 1 aliphatic heterocycles. The summed E-state index contributed by atoms with van der Waals surface area (Å²) < 4.78 is 5.58. The molecule has 0 bridgehead atoms. The largest absolute Gasteiger partial charge is 0.473 e. The first-order valence-corrected chi connectivity index (χ1v) is 4.90. The van der Waals surface area contributed by atoms with E-state index in [-0.39, 0.29) is 11.8 Å². The Morgan fingerprint density at radius 2 is 2.47 bits per heavy atom. The lowest BCUT2D eigenvalue weighted by Gasteiger charge is -2.11. The monoisotopic (exact) mass is 207 g/mol. The summed E-state index contributed by atoms with van der Waals surface area (Å²) in [6.07, 6.45) is 1.10. The second kappa shape index (κ2) is 4.27. The Hall–Kier alpha value is -1.62. The molecule has 1 aromatic rings. The van der Waals surface area contributed by atoms with Gasteiger partial charge in [0.15, 0.2) is 0 Å².